The zero-order chi connectivity index (χ0) is 13.8. The molecule has 0 radical (unpaired) electrons. The highest BCUT2D eigenvalue weighted by Crippen LogP contribution is 2.15. The summed E-state index contributed by atoms with van der Waals surface area (Å²) in [6, 6.07) is 14.1. The summed E-state index contributed by atoms with van der Waals surface area (Å²) in [6.45, 7) is 0.746. The third-order valence-corrected chi connectivity index (χ3v) is 4.00. The van der Waals surface area contributed by atoms with Gasteiger partial charge in [0.25, 0.3) is 0 Å². The molecule has 0 fully saturated rings. The fourth-order valence-electron chi connectivity index (χ4n) is 2.16. The summed E-state index contributed by atoms with van der Waals surface area (Å²) in [5.41, 5.74) is 1.82. The molecule has 0 spiro atoms. The quantitative estimate of drug-likeness (QED) is 0.734. The molecule has 3 rings (SSSR count). The van der Waals surface area contributed by atoms with E-state index in [9.17, 15) is 0 Å². The monoisotopic (exact) mass is 279 g/mol. The third kappa shape index (κ3) is 2.79. The van der Waals surface area contributed by atoms with Gasteiger partial charge in [0.15, 0.2) is 0 Å². The second-order valence-corrected chi connectivity index (χ2v) is 5.57. The Labute approximate surface area is 121 Å². The normalized spacial score (nSPS) is 10.3. The SMILES string of the molecule is N#Cc1cccc(Cn2ccnc2Cc2cccs2)c1. The van der Waals surface area contributed by atoms with Crippen LogP contribution < -0.4 is 0 Å². The number of rotatable bonds is 4. The van der Waals surface area contributed by atoms with Gasteiger partial charge in [-0.1, -0.05) is 18.2 Å². The van der Waals surface area contributed by atoms with E-state index in [0.29, 0.717) is 5.56 Å². The first kappa shape index (κ1) is 12.6. The van der Waals surface area contributed by atoms with Crippen LogP contribution in [0.4, 0.5) is 0 Å². The van der Waals surface area contributed by atoms with E-state index in [1.54, 1.807) is 11.3 Å². The van der Waals surface area contributed by atoms with Crippen LogP contribution >= 0.6 is 11.3 Å². The Morgan fingerprint density at radius 3 is 3.00 bits per heavy atom. The fourth-order valence-corrected chi connectivity index (χ4v) is 2.86. The highest BCUT2D eigenvalue weighted by molar-refractivity contribution is 7.09. The van der Waals surface area contributed by atoms with Crippen LogP contribution in [0, 0.1) is 11.3 Å². The molecule has 0 atom stereocenters. The average molecular weight is 279 g/mol. The van der Waals surface area contributed by atoms with Crippen molar-refractivity contribution in [3.05, 3.63) is 76.0 Å². The number of hydrogen-bond acceptors (Lipinski definition) is 3. The maximum atomic E-state index is 8.95. The highest BCUT2D eigenvalue weighted by Gasteiger charge is 2.06. The first-order chi connectivity index (χ1) is 9.85. The first-order valence-corrected chi connectivity index (χ1v) is 7.24. The number of benzene rings is 1. The number of nitriles is 1. The van der Waals surface area contributed by atoms with Gasteiger partial charge in [0.05, 0.1) is 11.6 Å². The summed E-state index contributed by atoms with van der Waals surface area (Å²) in [6.07, 6.45) is 4.67. The van der Waals surface area contributed by atoms with Crippen LogP contribution in [0.5, 0.6) is 0 Å². The Bertz CT molecular complexity index is 735. The van der Waals surface area contributed by atoms with Crippen molar-refractivity contribution >= 4 is 11.3 Å². The van der Waals surface area contributed by atoms with E-state index in [-0.39, 0.29) is 0 Å². The van der Waals surface area contributed by atoms with Crippen LogP contribution in [0.25, 0.3) is 0 Å². The summed E-state index contributed by atoms with van der Waals surface area (Å²) in [5.74, 6) is 1.05. The van der Waals surface area contributed by atoms with Crippen LogP contribution in [-0.2, 0) is 13.0 Å². The van der Waals surface area contributed by atoms with Crippen molar-refractivity contribution in [2.75, 3.05) is 0 Å². The minimum atomic E-state index is 0.697. The smallest absolute Gasteiger partial charge is 0.114 e. The molecule has 4 heteroatoms. The van der Waals surface area contributed by atoms with Gasteiger partial charge in [0.1, 0.15) is 5.82 Å². The molecule has 2 heterocycles. The van der Waals surface area contributed by atoms with E-state index in [1.165, 1.54) is 4.88 Å². The highest BCUT2D eigenvalue weighted by atomic mass is 32.1. The zero-order valence-electron chi connectivity index (χ0n) is 10.9. The summed E-state index contributed by atoms with van der Waals surface area (Å²) in [4.78, 5) is 5.74. The van der Waals surface area contributed by atoms with E-state index < -0.39 is 0 Å². The van der Waals surface area contributed by atoms with Crippen molar-refractivity contribution in [3.63, 3.8) is 0 Å². The Hall–Kier alpha value is -2.38. The van der Waals surface area contributed by atoms with Gasteiger partial charge in [-0.25, -0.2) is 4.98 Å². The van der Waals surface area contributed by atoms with Crippen LogP contribution in [0.15, 0.2) is 54.2 Å². The van der Waals surface area contributed by atoms with Gasteiger partial charge in [-0.3, -0.25) is 0 Å². The van der Waals surface area contributed by atoms with E-state index in [0.717, 1.165) is 24.4 Å². The minimum Gasteiger partial charge on any atom is -0.330 e. The Morgan fingerprint density at radius 2 is 2.20 bits per heavy atom. The molecule has 3 nitrogen and oxygen atoms in total. The Balaban J connectivity index is 1.81. The second-order valence-electron chi connectivity index (χ2n) is 4.54. The van der Waals surface area contributed by atoms with Crippen molar-refractivity contribution in [2.45, 2.75) is 13.0 Å². The van der Waals surface area contributed by atoms with E-state index >= 15 is 0 Å². The molecule has 0 aliphatic rings. The molecular weight excluding hydrogens is 266 g/mol. The van der Waals surface area contributed by atoms with Crippen LogP contribution in [-0.4, -0.2) is 9.55 Å². The Kier molecular flexibility index (Phi) is 3.62. The lowest BCUT2D eigenvalue weighted by molar-refractivity contribution is 0.743. The molecule has 0 N–H and O–H groups in total. The van der Waals surface area contributed by atoms with Crippen molar-refractivity contribution in [3.8, 4) is 6.07 Å². The van der Waals surface area contributed by atoms with Gasteiger partial charge in [-0.15, -0.1) is 11.3 Å². The minimum absolute atomic E-state index is 0.697. The number of thiophene rings is 1. The molecule has 0 aliphatic carbocycles. The number of hydrogen-bond donors (Lipinski definition) is 0. The molecular formula is C16H13N3S. The predicted octanol–water partition coefficient (Wildman–Crippen LogP) is 3.46. The van der Waals surface area contributed by atoms with Crippen molar-refractivity contribution in [1.29, 1.82) is 5.26 Å². The van der Waals surface area contributed by atoms with Crippen molar-refractivity contribution in [1.82, 2.24) is 9.55 Å². The third-order valence-electron chi connectivity index (χ3n) is 3.12. The lowest BCUT2D eigenvalue weighted by Crippen LogP contribution is -2.04. The molecule has 0 bridgehead atoms. The molecule has 3 aromatic rings. The van der Waals surface area contributed by atoms with Crippen LogP contribution in [0.3, 0.4) is 0 Å². The topological polar surface area (TPSA) is 41.6 Å². The summed E-state index contributed by atoms with van der Waals surface area (Å²) in [5, 5.41) is 11.0. The van der Waals surface area contributed by atoms with Crippen molar-refractivity contribution in [2.24, 2.45) is 0 Å². The lowest BCUT2D eigenvalue weighted by Gasteiger charge is -2.07. The molecule has 1 aromatic carbocycles. The van der Waals surface area contributed by atoms with E-state index in [2.05, 4.69) is 33.1 Å². The molecule has 0 saturated carbocycles. The van der Waals surface area contributed by atoms with Gasteiger partial charge >= 0.3 is 0 Å². The van der Waals surface area contributed by atoms with Gasteiger partial charge in [0, 0.05) is 30.2 Å². The maximum absolute atomic E-state index is 8.95. The second kappa shape index (κ2) is 5.72. The lowest BCUT2D eigenvalue weighted by atomic mass is 10.1. The first-order valence-electron chi connectivity index (χ1n) is 6.36. The number of imidazole rings is 1. The average Bonchev–Trinajstić information content (AvgIpc) is 3.12. The van der Waals surface area contributed by atoms with E-state index in [4.69, 9.17) is 5.26 Å². The van der Waals surface area contributed by atoms with Crippen LogP contribution in [0.2, 0.25) is 0 Å². The van der Waals surface area contributed by atoms with E-state index in [1.807, 2.05) is 36.7 Å². The standard InChI is InChI=1S/C16H13N3S/c17-11-13-3-1-4-14(9-13)12-19-7-6-18-16(19)10-15-5-2-8-20-15/h1-9H,10,12H2. The Morgan fingerprint density at radius 1 is 1.25 bits per heavy atom. The summed E-state index contributed by atoms with van der Waals surface area (Å²) in [7, 11) is 0. The van der Waals surface area contributed by atoms with Gasteiger partial charge in [-0.2, -0.15) is 5.26 Å². The molecule has 0 unspecified atom stereocenters. The predicted molar refractivity (Wildman–Crippen MR) is 79.6 cm³/mol. The van der Waals surface area contributed by atoms with Gasteiger partial charge in [0.2, 0.25) is 0 Å². The number of aromatic nitrogens is 2. The molecule has 20 heavy (non-hydrogen) atoms. The molecule has 2 aromatic heterocycles. The summed E-state index contributed by atoms with van der Waals surface area (Å²) >= 11 is 1.75. The zero-order valence-corrected chi connectivity index (χ0v) is 11.7. The number of nitrogens with zero attached hydrogens (tertiary/aromatic N) is 3. The van der Waals surface area contributed by atoms with Gasteiger partial charge < -0.3 is 4.57 Å². The molecule has 0 aliphatic heterocycles. The summed E-state index contributed by atoms with van der Waals surface area (Å²) < 4.78 is 2.14. The fraction of sp³-hybridized carbons (Fsp3) is 0.125. The van der Waals surface area contributed by atoms with Crippen molar-refractivity contribution < 1.29 is 0 Å². The molecule has 0 saturated heterocycles. The van der Waals surface area contributed by atoms with Gasteiger partial charge in [-0.05, 0) is 29.1 Å². The largest absolute Gasteiger partial charge is 0.330 e. The molecule has 98 valence electrons. The van der Waals surface area contributed by atoms with Crippen LogP contribution in [0.1, 0.15) is 21.8 Å². The molecule has 0 amide bonds. The maximum Gasteiger partial charge on any atom is 0.114 e.